The molecule has 1 rings (SSSR count). The lowest BCUT2D eigenvalue weighted by Gasteiger charge is -2.12. The van der Waals surface area contributed by atoms with Crippen LogP contribution in [-0.4, -0.2) is 44.7 Å². The molecule has 1 aromatic rings. The molecule has 0 aromatic heterocycles. The Morgan fingerprint density at radius 2 is 2.00 bits per heavy atom. The molecule has 0 aliphatic rings. The molecule has 0 aliphatic heterocycles. The van der Waals surface area contributed by atoms with Gasteiger partial charge in [-0.05, 0) is 40.3 Å². The summed E-state index contributed by atoms with van der Waals surface area (Å²) in [5, 5.41) is 9.23. The maximum absolute atomic E-state index is 11.8. The highest BCUT2D eigenvalue weighted by molar-refractivity contribution is 9.10. The monoisotopic (exact) mass is 359 g/mol. The van der Waals surface area contributed by atoms with Gasteiger partial charge in [0, 0.05) is 4.47 Å². The van der Waals surface area contributed by atoms with E-state index in [9.17, 15) is 4.79 Å². The lowest BCUT2D eigenvalue weighted by molar-refractivity contribution is -0.856. The minimum atomic E-state index is -0.140. The van der Waals surface area contributed by atoms with Crippen molar-refractivity contribution in [2.45, 2.75) is 0 Å². The summed E-state index contributed by atoms with van der Waals surface area (Å²) in [5.41, 5.74) is 0.745. The van der Waals surface area contributed by atoms with E-state index < -0.39 is 0 Å². The van der Waals surface area contributed by atoms with E-state index in [2.05, 4.69) is 46.0 Å². The van der Waals surface area contributed by atoms with E-state index in [1.807, 2.05) is 24.3 Å². The zero-order chi connectivity index (χ0) is 15.0. The van der Waals surface area contributed by atoms with E-state index >= 15 is 0 Å². The first-order chi connectivity index (χ1) is 9.49. The number of hydrogen-bond donors (Lipinski definition) is 4. The Bertz CT molecular complexity index is 467. The molecule has 0 saturated heterocycles. The first kappa shape index (κ1) is 16.9. The number of hydrogen-bond acceptors (Lipinski definition) is 2. The first-order valence-electron chi connectivity index (χ1n) is 6.34. The zero-order valence-electron chi connectivity index (χ0n) is 11.6. The molecule has 5 nitrogen and oxygen atoms in total. The molecule has 20 heavy (non-hydrogen) atoms. The molecule has 0 radical (unpaired) electrons. The molecule has 1 aromatic carbocycles. The molecule has 4 N–H and O–H groups in total. The summed E-state index contributed by atoms with van der Waals surface area (Å²) in [4.78, 5) is 13.1. The van der Waals surface area contributed by atoms with Crippen LogP contribution in [0, 0.1) is 0 Å². The van der Waals surface area contributed by atoms with Crippen molar-refractivity contribution in [3.8, 4) is 0 Å². The van der Waals surface area contributed by atoms with Crippen molar-refractivity contribution in [1.29, 1.82) is 0 Å². The minimum absolute atomic E-state index is 0.140. The topological polar surface area (TPSA) is 57.6 Å². The summed E-state index contributed by atoms with van der Waals surface area (Å²) >= 11 is 8.47. The molecule has 0 bridgehead atoms. The quantitative estimate of drug-likeness (QED) is 0.540. The van der Waals surface area contributed by atoms with Gasteiger partial charge in [0.2, 0.25) is 5.91 Å². The van der Waals surface area contributed by atoms with Crippen LogP contribution < -0.4 is 20.9 Å². The van der Waals surface area contributed by atoms with Crippen LogP contribution in [-0.2, 0) is 4.79 Å². The first-order valence-corrected chi connectivity index (χ1v) is 7.54. The van der Waals surface area contributed by atoms with Crippen molar-refractivity contribution in [2.75, 3.05) is 39.0 Å². The summed E-state index contributed by atoms with van der Waals surface area (Å²) in [6, 6.07) is 7.46. The molecule has 0 spiro atoms. The normalized spacial score (nSPS) is 10.2. The number of amides is 1. The van der Waals surface area contributed by atoms with Gasteiger partial charge in [0.15, 0.2) is 5.11 Å². The predicted molar refractivity (Wildman–Crippen MR) is 89.1 cm³/mol. The summed E-state index contributed by atoms with van der Waals surface area (Å²) in [6.45, 7) is 1.88. The number of rotatable bonds is 6. The highest BCUT2D eigenvalue weighted by Gasteiger charge is 2.05. The SMILES string of the molecule is C[NH+](C)CCNC(=S)NCC(=O)Nc1ccccc1Br. The lowest BCUT2D eigenvalue weighted by atomic mass is 10.3. The fraction of sp³-hybridized carbons (Fsp3) is 0.385. The van der Waals surface area contributed by atoms with Crippen molar-refractivity contribution in [3.05, 3.63) is 28.7 Å². The van der Waals surface area contributed by atoms with Crippen LogP contribution in [0.25, 0.3) is 0 Å². The van der Waals surface area contributed by atoms with Gasteiger partial charge < -0.3 is 20.9 Å². The van der Waals surface area contributed by atoms with Gasteiger partial charge in [-0.2, -0.15) is 0 Å². The zero-order valence-corrected chi connectivity index (χ0v) is 14.0. The van der Waals surface area contributed by atoms with Crippen molar-refractivity contribution in [1.82, 2.24) is 10.6 Å². The van der Waals surface area contributed by atoms with Crippen LogP contribution in [0.15, 0.2) is 28.7 Å². The highest BCUT2D eigenvalue weighted by Crippen LogP contribution is 2.20. The Labute approximate surface area is 133 Å². The summed E-state index contributed by atoms with van der Waals surface area (Å²) in [6.07, 6.45) is 0. The standard InChI is InChI=1S/C13H19BrN4OS/c1-18(2)8-7-15-13(20)16-9-12(19)17-11-6-4-3-5-10(11)14/h3-6H,7-9H2,1-2H3,(H,17,19)(H2,15,16,20)/p+1. The Morgan fingerprint density at radius 1 is 1.30 bits per heavy atom. The van der Waals surface area contributed by atoms with Gasteiger partial charge in [-0.25, -0.2) is 0 Å². The average Bonchev–Trinajstić information content (AvgIpc) is 2.39. The second-order valence-corrected chi connectivity index (χ2v) is 5.86. The van der Waals surface area contributed by atoms with Crippen LogP contribution in [0.2, 0.25) is 0 Å². The molecule has 0 heterocycles. The molecular weight excluding hydrogens is 340 g/mol. The van der Waals surface area contributed by atoms with Crippen LogP contribution in [0.1, 0.15) is 0 Å². The van der Waals surface area contributed by atoms with Gasteiger partial charge >= 0.3 is 0 Å². The molecule has 7 heteroatoms. The Morgan fingerprint density at radius 3 is 2.65 bits per heavy atom. The number of halogens is 1. The summed E-state index contributed by atoms with van der Waals surface area (Å²) in [5.74, 6) is -0.140. The van der Waals surface area contributed by atoms with Gasteiger partial charge in [0.25, 0.3) is 0 Å². The number of carbonyl (C=O) groups is 1. The van der Waals surface area contributed by atoms with Crippen LogP contribution in [0.5, 0.6) is 0 Å². The van der Waals surface area contributed by atoms with Crippen molar-refractivity contribution < 1.29 is 9.69 Å². The number of thiocarbonyl (C=S) groups is 1. The lowest BCUT2D eigenvalue weighted by Crippen LogP contribution is -3.06. The van der Waals surface area contributed by atoms with Gasteiger partial charge in [0.1, 0.15) is 0 Å². The fourth-order valence-electron chi connectivity index (χ4n) is 1.41. The third kappa shape index (κ3) is 6.83. The second kappa shape index (κ2) is 8.89. The second-order valence-electron chi connectivity index (χ2n) is 4.59. The van der Waals surface area contributed by atoms with Gasteiger partial charge in [-0.15, -0.1) is 0 Å². The Hall–Kier alpha value is -1.18. The van der Waals surface area contributed by atoms with Gasteiger partial charge in [0.05, 0.1) is 39.4 Å². The highest BCUT2D eigenvalue weighted by atomic mass is 79.9. The molecule has 0 saturated carbocycles. The van der Waals surface area contributed by atoms with Crippen molar-refractivity contribution in [3.63, 3.8) is 0 Å². The number of benzene rings is 1. The van der Waals surface area contributed by atoms with E-state index in [0.29, 0.717) is 5.11 Å². The number of anilines is 1. The smallest absolute Gasteiger partial charge is 0.243 e. The molecule has 110 valence electrons. The van der Waals surface area contributed by atoms with Crippen LogP contribution >= 0.6 is 28.1 Å². The molecular formula is C13H20BrN4OS+. The minimum Gasteiger partial charge on any atom is -0.357 e. The van der Waals surface area contributed by atoms with E-state index in [1.165, 1.54) is 4.90 Å². The third-order valence-corrected chi connectivity index (χ3v) is 3.45. The van der Waals surface area contributed by atoms with Gasteiger partial charge in [-0.1, -0.05) is 12.1 Å². The molecule has 0 unspecified atom stereocenters. The third-order valence-electron chi connectivity index (χ3n) is 2.47. The number of carbonyl (C=O) groups excluding carboxylic acids is 1. The summed E-state index contributed by atoms with van der Waals surface area (Å²) in [7, 11) is 4.15. The predicted octanol–water partition coefficient (Wildman–Crippen LogP) is -0.00380. The maximum Gasteiger partial charge on any atom is 0.243 e. The molecule has 0 atom stereocenters. The fourth-order valence-corrected chi connectivity index (χ4v) is 1.96. The van der Waals surface area contributed by atoms with E-state index in [4.69, 9.17) is 12.2 Å². The summed E-state index contributed by atoms with van der Waals surface area (Å²) < 4.78 is 0.850. The Kier molecular flexibility index (Phi) is 7.50. The number of quaternary nitrogens is 1. The molecule has 0 fully saturated rings. The largest absolute Gasteiger partial charge is 0.357 e. The average molecular weight is 360 g/mol. The number of para-hydroxylation sites is 1. The van der Waals surface area contributed by atoms with Crippen molar-refractivity contribution in [2.24, 2.45) is 0 Å². The van der Waals surface area contributed by atoms with E-state index in [1.54, 1.807) is 0 Å². The number of likely N-dealkylation sites (N-methyl/N-ethyl adjacent to an activating group) is 1. The van der Waals surface area contributed by atoms with Gasteiger partial charge in [-0.3, -0.25) is 4.79 Å². The van der Waals surface area contributed by atoms with Crippen LogP contribution in [0.3, 0.4) is 0 Å². The maximum atomic E-state index is 11.8. The van der Waals surface area contributed by atoms with Crippen molar-refractivity contribution >= 4 is 44.9 Å². The van der Waals surface area contributed by atoms with E-state index in [0.717, 1.165) is 23.2 Å². The number of nitrogens with one attached hydrogen (secondary N) is 4. The Balaban J connectivity index is 2.26. The molecule has 0 aliphatic carbocycles. The molecule has 1 amide bonds. The van der Waals surface area contributed by atoms with Crippen LogP contribution in [0.4, 0.5) is 5.69 Å². The van der Waals surface area contributed by atoms with E-state index in [-0.39, 0.29) is 12.5 Å².